The highest BCUT2D eigenvalue weighted by Crippen LogP contribution is 2.39. The van der Waals surface area contributed by atoms with Gasteiger partial charge in [-0.2, -0.15) is 9.61 Å². The van der Waals surface area contributed by atoms with Crippen molar-refractivity contribution in [2.24, 2.45) is 5.92 Å². The molecule has 9 nitrogen and oxygen atoms in total. The number of fused-ring (bicyclic) bond motifs is 1. The average Bonchev–Trinajstić information content (AvgIpc) is 3.21. The van der Waals surface area contributed by atoms with Crippen LogP contribution in [0.4, 0.5) is 0 Å². The molecule has 0 aromatic carbocycles. The fourth-order valence-corrected chi connectivity index (χ4v) is 4.75. The van der Waals surface area contributed by atoms with E-state index in [9.17, 15) is 13.2 Å². The van der Waals surface area contributed by atoms with Crippen LogP contribution in [0.5, 0.6) is 0 Å². The molecule has 1 N–H and O–H groups in total. The van der Waals surface area contributed by atoms with Crippen LogP contribution in [0.25, 0.3) is 4.96 Å². The van der Waals surface area contributed by atoms with Gasteiger partial charge >= 0.3 is 0 Å². The summed E-state index contributed by atoms with van der Waals surface area (Å²) in [6.07, 6.45) is 4.58. The molecular weight excluding hydrogens is 364 g/mol. The first-order valence-corrected chi connectivity index (χ1v) is 11.0. The number of carbonyl (C=O) groups excluding carboxylic acids is 1. The van der Waals surface area contributed by atoms with Crippen LogP contribution in [-0.2, 0) is 21.4 Å². The molecule has 0 spiro atoms. The first kappa shape index (κ1) is 16.9. The van der Waals surface area contributed by atoms with Crippen LogP contribution in [0, 0.1) is 5.92 Å². The van der Waals surface area contributed by atoms with Crippen molar-refractivity contribution in [3.05, 3.63) is 10.8 Å². The third-order valence-electron chi connectivity index (χ3n) is 4.71. The summed E-state index contributed by atoms with van der Waals surface area (Å²) in [4.78, 5) is 13.1. The number of nitrogens with one attached hydrogen (secondary N) is 1. The van der Waals surface area contributed by atoms with Gasteiger partial charge < -0.3 is 5.32 Å². The van der Waals surface area contributed by atoms with Crippen molar-refractivity contribution >= 4 is 32.2 Å². The zero-order chi connectivity index (χ0) is 17.6. The first-order chi connectivity index (χ1) is 11.9. The number of hydrogen-bond acceptors (Lipinski definition) is 7. The third kappa shape index (κ3) is 3.53. The Labute approximate surface area is 149 Å². The number of piperidine rings is 1. The van der Waals surface area contributed by atoms with Gasteiger partial charge in [0, 0.05) is 24.9 Å². The Morgan fingerprint density at radius 1 is 1.24 bits per heavy atom. The Balaban J connectivity index is 1.33. The molecule has 1 amide bonds. The second kappa shape index (κ2) is 6.29. The van der Waals surface area contributed by atoms with E-state index in [-0.39, 0.29) is 11.8 Å². The summed E-state index contributed by atoms with van der Waals surface area (Å²) >= 11 is 1.43. The molecule has 0 unspecified atom stereocenters. The van der Waals surface area contributed by atoms with Crippen molar-refractivity contribution in [3.63, 3.8) is 0 Å². The van der Waals surface area contributed by atoms with Crippen LogP contribution < -0.4 is 5.32 Å². The number of carbonyl (C=O) groups is 1. The molecule has 2 fully saturated rings. The second-order valence-corrected chi connectivity index (χ2v) is 9.70. The fourth-order valence-electron chi connectivity index (χ4n) is 3.10. The maximum absolute atomic E-state index is 12.3. The molecular formula is C14H20N6O3S2. The van der Waals surface area contributed by atoms with Crippen LogP contribution in [0.2, 0.25) is 0 Å². The zero-order valence-electron chi connectivity index (χ0n) is 13.9. The lowest BCUT2D eigenvalue weighted by atomic mass is 9.97. The maximum atomic E-state index is 12.3. The SMILES string of the molecule is CS(=O)(=O)N1CCC(C(=O)NCc2nn3c(C4CC4)nnc3s2)CC1. The largest absolute Gasteiger partial charge is 0.349 e. The Morgan fingerprint density at radius 3 is 2.60 bits per heavy atom. The zero-order valence-corrected chi connectivity index (χ0v) is 15.5. The normalized spacial score (nSPS) is 20.2. The molecule has 2 aromatic rings. The summed E-state index contributed by atoms with van der Waals surface area (Å²) in [7, 11) is -3.17. The van der Waals surface area contributed by atoms with Crippen molar-refractivity contribution in [1.82, 2.24) is 29.4 Å². The summed E-state index contributed by atoms with van der Waals surface area (Å²) < 4.78 is 26.3. The van der Waals surface area contributed by atoms with E-state index in [2.05, 4.69) is 20.6 Å². The van der Waals surface area contributed by atoms with Gasteiger partial charge in [-0.3, -0.25) is 4.79 Å². The standard InChI is InChI=1S/C14H20N6O3S2/c1-25(22,23)19-6-4-10(5-7-19)13(21)15-8-11-18-20-12(9-2-3-9)16-17-14(20)24-11/h9-10H,2-8H2,1H3,(H,15,21). The summed E-state index contributed by atoms with van der Waals surface area (Å²) in [6, 6.07) is 0. The summed E-state index contributed by atoms with van der Waals surface area (Å²) in [6.45, 7) is 1.17. The molecule has 1 saturated carbocycles. The molecule has 0 radical (unpaired) electrons. The highest BCUT2D eigenvalue weighted by molar-refractivity contribution is 7.88. The van der Waals surface area contributed by atoms with E-state index in [0.29, 0.717) is 38.4 Å². The Bertz CT molecular complexity index is 893. The molecule has 1 saturated heterocycles. The quantitative estimate of drug-likeness (QED) is 0.797. The fraction of sp³-hybridized carbons (Fsp3) is 0.714. The Morgan fingerprint density at radius 2 is 1.96 bits per heavy atom. The minimum Gasteiger partial charge on any atom is -0.349 e. The average molecular weight is 384 g/mol. The van der Waals surface area contributed by atoms with E-state index >= 15 is 0 Å². The molecule has 3 heterocycles. The minimum absolute atomic E-state index is 0.0402. The van der Waals surface area contributed by atoms with Crippen molar-refractivity contribution in [3.8, 4) is 0 Å². The van der Waals surface area contributed by atoms with E-state index in [1.165, 1.54) is 21.9 Å². The summed E-state index contributed by atoms with van der Waals surface area (Å²) in [5.74, 6) is 1.20. The van der Waals surface area contributed by atoms with Gasteiger partial charge in [-0.15, -0.1) is 10.2 Å². The van der Waals surface area contributed by atoms with Crippen molar-refractivity contribution in [2.45, 2.75) is 38.1 Å². The van der Waals surface area contributed by atoms with Gasteiger partial charge in [0.05, 0.1) is 12.8 Å². The molecule has 2 aliphatic rings. The van der Waals surface area contributed by atoms with Crippen LogP contribution in [-0.4, -0.2) is 57.8 Å². The van der Waals surface area contributed by atoms with Gasteiger partial charge in [-0.1, -0.05) is 11.3 Å². The predicted molar refractivity (Wildman–Crippen MR) is 91.6 cm³/mol. The van der Waals surface area contributed by atoms with E-state index in [4.69, 9.17) is 0 Å². The van der Waals surface area contributed by atoms with Gasteiger partial charge in [0.1, 0.15) is 5.01 Å². The molecule has 136 valence electrons. The number of rotatable bonds is 5. The molecule has 25 heavy (non-hydrogen) atoms. The number of amides is 1. The smallest absolute Gasteiger partial charge is 0.234 e. The van der Waals surface area contributed by atoms with Crippen molar-refractivity contribution < 1.29 is 13.2 Å². The van der Waals surface area contributed by atoms with Gasteiger partial charge in [0.15, 0.2) is 5.82 Å². The second-order valence-electron chi connectivity index (χ2n) is 6.68. The van der Waals surface area contributed by atoms with Gasteiger partial charge in [-0.05, 0) is 25.7 Å². The Hall–Kier alpha value is -1.59. The van der Waals surface area contributed by atoms with E-state index < -0.39 is 10.0 Å². The van der Waals surface area contributed by atoms with Gasteiger partial charge in [0.25, 0.3) is 0 Å². The monoisotopic (exact) mass is 384 g/mol. The minimum atomic E-state index is -3.17. The molecule has 4 rings (SSSR count). The molecule has 0 bridgehead atoms. The van der Waals surface area contributed by atoms with Crippen LogP contribution in [0.1, 0.15) is 42.4 Å². The van der Waals surface area contributed by atoms with Gasteiger partial charge in [0.2, 0.25) is 20.9 Å². The van der Waals surface area contributed by atoms with E-state index in [1.54, 1.807) is 4.52 Å². The van der Waals surface area contributed by atoms with Crippen LogP contribution in [0.15, 0.2) is 0 Å². The number of hydrogen-bond donors (Lipinski definition) is 1. The molecule has 2 aromatic heterocycles. The summed E-state index contributed by atoms with van der Waals surface area (Å²) in [5, 5.41) is 16.5. The lowest BCUT2D eigenvalue weighted by molar-refractivity contribution is -0.126. The third-order valence-corrected chi connectivity index (χ3v) is 6.91. The Kier molecular flexibility index (Phi) is 4.24. The van der Waals surface area contributed by atoms with Crippen LogP contribution >= 0.6 is 11.3 Å². The highest BCUT2D eigenvalue weighted by Gasteiger charge is 2.31. The molecule has 11 heteroatoms. The van der Waals surface area contributed by atoms with E-state index in [0.717, 1.165) is 28.6 Å². The molecule has 1 aliphatic carbocycles. The summed E-state index contributed by atoms with van der Waals surface area (Å²) in [5.41, 5.74) is 0. The number of sulfonamides is 1. The lowest BCUT2D eigenvalue weighted by Crippen LogP contribution is -2.42. The van der Waals surface area contributed by atoms with Gasteiger partial charge in [-0.25, -0.2) is 12.7 Å². The maximum Gasteiger partial charge on any atom is 0.234 e. The van der Waals surface area contributed by atoms with E-state index in [1.807, 2.05) is 0 Å². The molecule has 0 atom stereocenters. The highest BCUT2D eigenvalue weighted by atomic mass is 32.2. The van der Waals surface area contributed by atoms with Crippen LogP contribution in [0.3, 0.4) is 0 Å². The van der Waals surface area contributed by atoms with Crippen molar-refractivity contribution in [2.75, 3.05) is 19.3 Å². The topological polar surface area (TPSA) is 110 Å². The molecule has 1 aliphatic heterocycles. The lowest BCUT2D eigenvalue weighted by Gasteiger charge is -2.29. The first-order valence-electron chi connectivity index (χ1n) is 8.35. The predicted octanol–water partition coefficient (Wildman–Crippen LogP) is 0.351. The van der Waals surface area contributed by atoms with Crippen molar-refractivity contribution in [1.29, 1.82) is 0 Å². The number of nitrogens with zero attached hydrogens (tertiary/aromatic N) is 5. The number of aromatic nitrogens is 4.